The lowest BCUT2D eigenvalue weighted by atomic mass is 10.1. The summed E-state index contributed by atoms with van der Waals surface area (Å²) in [6.45, 7) is 2.60. The van der Waals surface area contributed by atoms with Gasteiger partial charge in [0.15, 0.2) is 0 Å². The Balaban J connectivity index is 0.00000288. The number of piperazine rings is 1. The number of carbonyl (C=O) groups is 1. The van der Waals surface area contributed by atoms with Crippen molar-refractivity contribution in [2.45, 2.75) is 12.5 Å². The number of methoxy groups -OCH3 is 1. The Hall–Kier alpha value is -1.18. The topological polar surface area (TPSA) is 58.8 Å². The molecule has 0 spiro atoms. The molecular weight excluding hydrogens is 353 g/mol. The lowest BCUT2D eigenvalue weighted by Gasteiger charge is -2.37. The normalized spacial score (nSPS) is 15.7. The Kier molecular flexibility index (Phi) is 8.66. The fraction of sp³-hybridized carbons (Fsp3) is 0.562. The number of thioether (sulfide) groups is 1. The van der Waals surface area contributed by atoms with Gasteiger partial charge in [-0.1, -0.05) is 0 Å². The van der Waals surface area contributed by atoms with E-state index in [0.29, 0.717) is 38.3 Å². The maximum atomic E-state index is 13.3. The summed E-state index contributed by atoms with van der Waals surface area (Å²) in [6, 6.07) is 4.10. The molecule has 0 aliphatic carbocycles. The zero-order valence-corrected chi connectivity index (χ0v) is 15.7. The molecule has 1 aliphatic heterocycles. The Morgan fingerprint density at radius 2 is 2.04 bits per heavy atom. The highest BCUT2D eigenvalue weighted by atomic mass is 35.5. The third-order valence-corrected chi connectivity index (χ3v) is 4.67. The number of ether oxygens (including phenoxy) is 1. The largest absolute Gasteiger partial charge is 0.494 e. The predicted molar refractivity (Wildman–Crippen MR) is 100.0 cm³/mol. The first-order chi connectivity index (χ1) is 11.1. The van der Waals surface area contributed by atoms with Crippen molar-refractivity contribution < 1.29 is 13.9 Å². The molecule has 5 nitrogen and oxygen atoms in total. The summed E-state index contributed by atoms with van der Waals surface area (Å²) in [7, 11) is 1.53. The van der Waals surface area contributed by atoms with E-state index in [9.17, 15) is 9.18 Å². The highest BCUT2D eigenvalue weighted by Gasteiger charge is 2.26. The van der Waals surface area contributed by atoms with Gasteiger partial charge in [-0.15, -0.1) is 12.4 Å². The van der Waals surface area contributed by atoms with Gasteiger partial charge in [-0.2, -0.15) is 11.8 Å². The van der Waals surface area contributed by atoms with Gasteiger partial charge in [-0.25, -0.2) is 4.39 Å². The van der Waals surface area contributed by atoms with E-state index < -0.39 is 6.04 Å². The second-order valence-corrected chi connectivity index (χ2v) is 6.50. The molecule has 2 rings (SSSR count). The first-order valence-corrected chi connectivity index (χ1v) is 9.08. The summed E-state index contributed by atoms with van der Waals surface area (Å²) in [4.78, 5) is 16.2. The number of amides is 1. The Bertz CT molecular complexity index is 542. The molecule has 0 radical (unpaired) electrons. The number of rotatable bonds is 6. The number of benzene rings is 1. The van der Waals surface area contributed by atoms with Crippen molar-refractivity contribution in [2.24, 2.45) is 5.73 Å². The molecule has 2 N–H and O–H groups in total. The average molecular weight is 378 g/mol. The first kappa shape index (κ1) is 20.9. The second-order valence-electron chi connectivity index (χ2n) is 5.52. The van der Waals surface area contributed by atoms with Crippen molar-refractivity contribution in [3.05, 3.63) is 24.0 Å². The second kappa shape index (κ2) is 9.96. The van der Waals surface area contributed by atoms with Gasteiger partial charge in [0.05, 0.1) is 18.8 Å². The zero-order chi connectivity index (χ0) is 16.8. The summed E-state index contributed by atoms with van der Waals surface area (Å²) < 4.78 is 18.5. The summed E-state index contributed by atoms with van der Waals surface area (Å²) in [5, 5.41) is 0. The van der Waals surface area contributed by atoms with Gasteiger partial charge in [-0.05, 0) is 30.6 Å². The lowest BCUT2D eigenvalue weighted by molar-refractivity contribution is -0.132. The quantitative estimate of drug-likeness (QED) is 0.821. The number of halogens is 2. The van der Waals surface area contributed by atoms with E-state index in [-0.39, 0.29) is 24.1 Å². The SMILES string of the molecule is COc1cc(F)ccc1N1CCN(C(=O)[C@@H](N)CCSC)CC1.Cl. The lowest BCUT2D eigenvalue weighted by Crippen LogP contribution is -2.53. The third-order valence-electron chi connectivity index (χ3n) is 4.02. The molecule has 1 fully saturated rings. The molecule has 1 amide bonds. The molecule has 0 aromatic heterocycles. The monoisotopic (exact) mass is 377 g/mol. The van der Waals surface area contributed by atoms with Crippen LogP contribution in [-0.4, -0.2) is 62.1 Å². The van der Waals surface area contributed by atoms with Crippen molar-refractivity contribution in [2.75, 3.05) is 50.2 Å². The molecule has 136 valence electrons. The molecular formula is C16H25ClFN3O2S. The number of nitrogens with two attached hydrogens (primary N) is 1. The molecule has 1 aliphatic rings. The summed E-state index contributed by atoms with van der Waals surface area (Å²) in [5.74, 6) is 1.10. The number of anilines is 1. The van der Waals surface area contributed by atoms with Crippen molar-refractivity contribution in [3.8, 4) is 5.75 Å². The van der Waals surface area contributed by atoms with Crippen LogP contribution < -0.4 is 15.4 Å². The van der Waals surface area contributed by atoms with E-state index in [2.05, 4.69) is 4.90 Å². The van der Waals surface area contributed by atoms with Gasteiger partial charge in [0.2, 0.25) is 5.91 Å². The van der Waals surface area contributed by atoms with E-state index in [4.69, 9.17) is 10.5 Å². The number of hydrogen-bond donors (Lipinski definition) is 1. The van der Waals surface area contributed by atoms with Gasteiger partial charge in [-0.3, -0.25) is 4.79 Å². The van der Waals surface area contributed by atoms with Crippen molar-refractivity contribution in [1.82, 2.24) is 4.90 Å². The maximum absolute atomic E-state index is 13.3. The Labute approximate surface area is 153 Å². The summed E-state index contributed by atoms with van der Waals surface area (Å²) in [6.07, 6.45) is 2.71. The highest BCUT2D eigenvalue weighted by Crippen LogP contribution is 2.29. The van der Waals surface area contributed by atoms with E-state index in [1.54, 1.807) is 17.8 Å². The van der Waals surface area contributed by atoms with Gasteiger partial charge in [0.25, 0.3) is 0 Å². The molecule has 0 bridgehead atoms. The van der Waals surface area contributed by atoms with E-state index in [1.165, 1.54) is 19.2 Å². The molecule has 1 saturated heterocycles. The van der Waals surface area contributed by atoms with Crippen LogP contribution in [0.1, 0.15) is 6.42 Å². The minimum absolute atomic E-state index is 0. The molecule has 1 aromatic rings. The van der Waals surface area contributed by atoms with Crippen LogP contribution in [0, 0.1) is 5.82 Å². The van der Waals surface area contributed by atoms with Crippen LogP contribution in [0.25, 0.3) is 0 Å². The molecule has 8 heteroatoms. The summed E-state index contributed by atoms with van der Waals surface area (Å²) >= 11 is 1.69. The van der Waals surface area contributed by atoms with E-state index in [1.807, 2.05) is 11.2 Å². The fourth-order valence-electron chi connectivity index (χ4n) is 2.68. The average Bonchev–Trinajstić information content (AvgIpc) is 2.59. The standard InChI is InChI=1S/C16H24FN3O2S.ClH/c1-22-15-11-12(17)3-4-14(15)19-6-8-20(9-7-19)16(21)13(18)5-10-23-2;/h3-4,11,13H,5-10,18H2,1-2H3;1H/t13-;/m0./s1. The molecule has 0 unspecified atom stereocenters. The maximum Gasteiger partial charge on any atom is 0.239 e. The highest BCUT2D eigenvalue weighted by molar-refractivity contribution is 7.98. The van der Waals surface area contributed by atoms with Crippen LogP contribution >= 0.6 is 24.2 Å². The van der Waals surface area contributed by atoms with Gasteiger partial charge < -0.3 is 20.3 Å². The number of carbonyl (C=O) groups excluding carboxylic acids is 1. The first-order valence-electron chi connectivity index (χ1n) is 7.68. The minimum Gasteiger partial charge on any atom is -0.494 e. The van der Waals surface area contributed by atoms with Gasteiger partial charge in [0, 0.05) is 32.2 Å². The number of hydrogen-bond acceptors (Lipinski definition) is 5. The predicted octanol–water partition coefficient (Wildman–Crippen LogP) is 1.99. The molecule has 1 heterocycles. The zero-order valence-electron chi connectivity index (χ0n) is 14.0. The van der Waals surface area contributed by atoms with E-state index in [0.717, 1.165) is 11.4 Å². The fourth-order valence-corrected chi connectivity index (χ4v) is 3.17. The van der Waals surface area contributed by atoms with Gasteiger partial charge >= 0.3 is 0 Å². The van der Waals surface area contributed by atoms with E-state index >= 15 is 0 Å². The molecule has 1 aromatic carbocycles. The van der Waals surface area contributed by atoms with Crippen LogP contribution in [-0.2, 0) is 4.79 Å². The van der Waals surface area contributed by atoms with Crippen LogP contribution in [0.15, 0.2) is 18.2 Å². The third kappa shape index (κ3) is 5.16. The van der Waals surface area contributed by atoms with Crippen LogP contribution in [0.2, 0.25) is 0 Å². The van der Waals surface area contributed by atoms with Crippen LogP contribution in [0.4, 0.5) is 10.1 Å². The number of nitrogens with zero attached hydrogens (tertiary/aromatic N) is 2. The van der Waals surface area contributed by atoms with Crippen LogP contribution in [0.5, 0.6) is 5.75 Å². The van der Waals surface area contributed by atoms with Crippen molar-refractivity contribution in [1.29, 1.82) is 0 Å². The Morgan fingerprint density at radius 3 is 2.62 bits per heavy atom. The summed E-state index contributed by atoms with van der Waals surface area (Å²) in [5.41, 5.74) is 6.82. The molecule has 0 saturated carbocycles. The Morgan fingerprint density at radius 1 is 1.38 bits per heavy atom. The smallest absolute Gasteiger partial charge is 0.239 e. The van der Waals surface area contributed by atoms with Gasteiger partial charge in [0.1, 0.15) is 11.6 Å². The molecule has 24 heavy (non-hydrogen) atoms. The van der Waals surface area contributed by atoms with Crippen LogP contribution in [0.3, 0.4) is 0 Å². The minimum atomic E-state index is -0.422. The molecule has 1 atom stereocenters. The van der Waals surface area contributed by atoms with Crippen molar-refractivity contribution in [3.63, 3.8) is 0 Å². The van der Waals surface area contributed by atoms with Crippen molar-refractivity contribution >= 4 is 35.8 Å².